The summed E-state index contributed by atoms with van der Waals surface area (Å²) in [4.78, 5) is 22.3. The highest BCUT2D eigenvalue weighted by Gasteiger charge is 2.30. The Hall–Kier alpha value is -5.26. The fraction of sp³-hybridized carbons (Fsp3) is 0.250. The molecule has 1 fully saturated rings. The molecule has 0 aliphatic carbocycles. The molecule has 11 nitrogen and oxygen atoms in total. The molecule has 1 aliphatic rings. The Morgan fingerprint density at radius 2 is 1.49 bits per heavy atom. The van der Waals surface area contributed by atoms with Gasteiger partial charge in [0.2, 0.25) is 5.88 Å². The molecule has 6 aromatic rings. The van der Waals surface area contributed by atoms with Crippen LogP contribution in [0.4, 0.5) is 9.18 Å². The van der Waals surface area contributed by atoms with E-state index in [1.54, 1.807) is 40.1 Å². The van der Waals surface area contributed by atoms with E-state index in [4.69, 9.17) is 23.5 Å². The topological polar surface area (TPSA) is 116 Å². The van der Waals surface area contributed by atoms with E-state index >= 15 is 0 Å². The number of hydrogen-bond acceptors (Lipinski definition) is 9. The van der Waals surface area contributed by atoms with Crippen molar-refractivity contribution in [1.82, 2.24) is 19.4 Å². The van der Waals surface area contributed by atoms with E-state index in [2.05, 4.69) is 4.90 Å². The number of fused-ring (bicyclic) bond motifs is 2. The van der Waals surface area contributed by atoms with E-state index in [0.717, 1.165) is 16.7 Å². The molecule has 274 valence electrons. The van der Waals surface area contributed by atoms with Gasteiger partial charge in [-0.15, -0.1) is 0 Å². The SMILES string of the molecule is COP(=O)(CCN1CCN(C(=O)Oc2c3cccnc3c(OC(c3ccccc3)c3ccccc3)c3c(O)n(Cc4ccc(F)cc4)cc23)CC1)OC. The fourth-order valence-corrected chi connectivity index (χ4v) is 7.68. The van der Waals surface area contributed by atoms with Crippen LogP contribution < -0.4 is 9.47 Å². The number of rotatable bonds is 12. The van der Waals surface area contributed by atoms with Crippen LogP contribution in [0.15, 0.2) is 109 Å². The first-order chi connectivity index (χ1) is 25.8. The molecule has 0 atom stereocenters. The van der Waals surface area contributed by atoms with Gasteiger partial charge in [0, 0.05) is 64.7 Å². The van der Waals surface area contributed by atoms with Crippen molar-refractivity contribution in [3.05, 3.63) is 132 Å². The first-order valence-corrected chi connectivity index (χ1v) is 19.0. The molecule has 0 bridgehead atoms. The Morgan fingerprint density at radius 3 is 2.11 bits per heavy atom. The summed E-state index contributed by atoms with van der Waals surface area (Å²) in [5.41, 5.74) is 2.94. The Morgan fingerprint density at radius 1 is 0.849 bits per heavy atom. The van der Waals surface area contributed by atoms with Crippen LogP contribution in [0.2, 0.25) is 0 Å². The third-order valence-electron chi connectivity index (χ3n) is 9.56. The molecule has 3 heterocycles. The summed E-state index contributed by atoms with van der Waals surface area (Å²) in [6, 6.07) is 29.2. The Balaban J connectivity index is 1.28. The van der Waals surface area contributed by atoms with Crippen molar-refractivity contribution in [2.75, 3.05) is 53.1 Å². The minimum Gasteiger partial charge on any atom is -0.494 e. The smallest absolute Gasteiger partial charge is 0.415 e. The molecule has 1 amide bonds. The number of amides is 1. The van der Waals surface area contributed by atoms with Gasteiger partial charge in [0.05, 0.1) is 23.5 Å². The highest BCUT2D eigenvalue weighted by Crippen LogP contribution is 2.49. The van der Waals surface area contributed by atoms with Gasteiger partial charge >= 0.3 is 13.7 Å². The first-order valence-electron chi connectivity index (χ1n) is 17.3. The molecule has 4 aromatic carbocycles. The summed E-state index contributed by atoms with van der Waals surface area (Å²) in [5.74, 6) is 0.0631. The van der Waals surface area contributed by atoms with Gasteiger partial charge in [-0.2, -0.15) is 0 Å². The minimum atomic E-state index is -3.15. The van der Waals surface area contributed by atoms with Crippen molar-refractivity contribution in [3.8, 4) is 17.4 Å². The van der Waals surface area contributed by atoms with Crippen LogP contribution in [0, 0.1) is 5.82 Å². The summed E-state index contributed by atoms with van der Waals surface area (Å²) in [6.45, 7) is 2.56. The number of carbonyl (C=O) groups is 1. The van der Waals surface area contributed by atoms with E-state index in [9.17, 15) is 18.9 Å². The highest BCUT2D eigenvalue weighted by molar-refractivity contribution is 7.53. The van der Waals surface area contributed by atoms with Crippen molar-refractivity contribution in [3.63, 3.8) is 0 Å². The number of pyridine rings is 1. The van der Waals surface area contributed by atoms with E-state index in [-0.39, 0.29) is 30.2 Å². The van der Waals surface area contributed by atoms with Crippen LogP contribution >= 0.6 is 7.60 Å². The Bertz CT molecular complexity index is 2200. The molecule has 1 saturated heterocycles. The summed E-state index contributed by atoms with van der Waals surface area (Å²) in [5, 5.41) is 13.3. The van der Waals surface area contributed by atoms with Crippen molar-refractivity contribution in [1.29, 1.82) is 0 Å². The van der Waals surface area contributed by atoms with Crippen molar-refractivity contribution in [2.24, 2.45) is 0 Å². The standard InChI is InChI=1S/C40H40FN4O7P/c1-49-53(48,50-2)25-24-43-20-22-44(23-21-43)40(47)52-37-32-14-9-19-42-35(32)38(51-36(29-10-5-3-6-11-29)30-12-7-4-8-13-30)34-33(37)27-45(39(34)46)26-28-15-17-31(41)18-16-28/h3-19,27,36,46H,20-26H2,1-2H3. The minimum absolute atomic E-state index is 0.123. The average Bonchev–Trinajstić information content (AvgIpc) is 3.53. The van der Waals surface area contributed by atoms with Crippen LogP contribution in [-0.2, 0) is 20.2 Å². The van der Waals surface area contributed by atoms with Crippen LogP contribution in [0.3, 0.4) is 0 Å². The fourth-order valence-electron chi connectivity index (χ4n) is 6.64. The second kappa shape index (κ2) is 15.8. The van der Waals surface area contributed by atoms with Gasteiger partial charge in [-0.3, -0.25) is 14.4 Å². The average molecular weight is 739 g/mol. The monoisotopic (exact) mass is 738 g/mol. The lowest BCUT2D eigenvalue weighted by molar-refractivity contribution is 0.113. The number of aromatic hydroxyl groups is 1. The van der Waals surface area contributed by atoms with Gasteiger partial charge in [0.25, 0.3) is 0 Å². The number of aromatic nitrogens is 2. The summed E-state index contributed by atoms with van der Waals surface area (Å²) in [7, 11) is -0.413. The zero-order valence-electron chi connectivity index (χ0n) is 29.4. The third-order valence-corrected chi connectivity index (χ3v) is 11.4. The zero-order valence-corrected chi connectivity index (χ0v) is 30.3. The highest BCUT2D eigenvalue weighted by atomic mass is 31.2. The Labute approximate surface area is 306 Å². The number of ether oxygens (including phenoxy) is 2. The van der Waals surface area contributed by atoms with E-state index in [1.165, 1.54) is 26.4 Å². The van der Waals surface area contributed by atoms with Crippen LogP contribution in [-0.4, -0.2) is 83.7 Å². The second-order valence-corrected chi connectivity index (χ2v) is 15.2. The molecule has 0 radical (unpaired) electrons. The lowest BCUT2D eigenvalue weighted by Crippen LogP contribution is -2.50. The lowest BCUT2D eigenvalue weighted by atomic mass is 10.0. The molecule has 0 saturated carbocycles. The molecular weight excluding hydrogens is 698 g/mol. The first kappa shape index (κ1) is 36.1. The number of halogens is 1. The van der Waals surface area contributed by atoms with Crippen LogP contribution in [0.25, 0.3) is 21.7 Å². The maximum absolute atomic E-state index is 13.9. The van der Waals surface area contributed by atoms with Gasteiger partial charge in [-0.25, -0.2) is 9.18 Å². The maximum Gasteiger partial charge on any atom is 0.415 e. The van der Waals surface area contributed by atoms with E-state index in [1.807, 2.05) is 66.7 Å². The van der Waals surface area contributed by atoms with Gasteiger partial charge in [0.15, 0.2) is 11.5 Å². The van der Waals surface area contributed by atoms with Gasteiger partial charge in [0.1, 0.15) is 17.4 Å². The lowest BCUT2D eigenvalue weighted by Gasteiger charge is -2.34. The molecule has 53 heavy (non-hydrogen) atoms. The molecule has 0 unspecified atom stereocenters. The van der Waals surface area contributed by atoms with Gasteiger partial charge in [-0.05, 0) is 41.0 Å². The van der Waals surface area contributed by atoms with Gasteiger partial charge in [-0.1, -0.05) is 72.8 Å². The van der Waals surface area contributed by atoms with Crippen LogP contribution in [0.1, 0.15) is 22.8 Å². The number of carbonyl (C=O) groups excluding carboxylic acids is 1. The maximum atomic E-state index is 13.9. The zero-order chi connectivity index (χ0) is 37.0. The summed E-state index contributed by atoms with van der Waals surface area (Å²) < 4.78 is 51.3. The predicted octanol–water partition coefficient (Wildman–Crippen LogP) is 7.85. The number of benzene rings is 4. The number of hydrogen-bond donors (Lipinski definition) is 1. The molecular formula is C40H40FN4O7P. The molecule has 0 spiro atoms. The van der Waals surface area contributed by atoms with Crippen molar-refractivity contribution < 1.29 is 37.4 Å². The van der Waals surface area contributed by atoms with Gasteiger partial charge < -0.3 is 33.1 Å². The molecule has 1 aliphatic heterocycles. The molecule has 1 N–H and O–H groups in total. The normalized spacial score (nSPS) is 13.9. The quantitative estimate of drug-likeness (QED) is 0.125. The third kappa shape index (κ3) is 7.77. The van der Waals surface area contributed by atoms with Crippen molar-refractivity contribution in [2.45, 2.75) is 12.6 Å². The predicted molar refractivity (Wildman–Crippen MR) is 200 cm³/mol. The molecule has 2 aromatic heterocycles. The summed E-state index contributed by atoms with van der Waals surface area (Å²) >= 11 is 0. The van der Waals surface area contributed by atoms with E-state index in [0.29, 0.717) is 60.1 Å². The molecule has 7 rings (SSSR count). The number of nitrogens with zero attached hydrogens (tertiary/aromatic N) is 4. The van der Waals surface area contributed by atoms with Crippen molar-refractivity contribution >= 4 is 35.4 Å². The van der Waals surface area contributed by atoms with Crippen LogP contribution in [0.5, 0.6) is 17.4 Å². The Kier molecular flexibility index (Phi) is 10.7. The second-order valence-electron chi connectivity index (χ2n) is 12.8. The largest absolute Gasteiger partial charge is 0.494 e. The molecule has 13 heteroatoms. The number of piperazine rings is 1. The van der Waals surface area contributed by atoms with E-state index < -0.39 is 19.8 Å². The summed E-state index contributed by atoms with van der Waals surface area (Å²) in [6.07, 6.45) is 2.46.